The zero-order valence-electron chi connectivity index (χ0n) is 12.4. The minimum absolute atomic E-state index is 0.131. The number of nitrogens with two attached hydrogens (primary N) is 1. The number of carbonyl (C=O) groups excluding carboxylic acids is 2. The average molecular weight is 408 g/mol. The van der Waals surface area contributed by atoms with Gasteiger partial charge >= 0.3 is 0 Å². The van der Waals surface area contributed by atoms with E-state index in [1.165, 1.54) is 0 Å². The standard InChI is InChI=1S/C16H14BrN3O3S/c17-11-3-7-13(8-4-11)23-9-14(21)20-16(24)19-12-5-1-10(2-6-12)15(18)22/h1-8H,9H2,(H2,18,22)(H2,19,20,21,24). The Labute approximate surface area is 152 Å². The number of carbonyl (C=O) groups is 2. The minimum atomic E-state index is -0.512. The summed E-state index contributed by atoms with van der Waals surface area (Å²) in [7, 11) is 0. The van der Waals surface area contributed by atoms with Crippen LogP contribution in [0, 0.1) is 0 Å². The molecule has 0 spiro atoms. The third kappa shape index (κ3) is 5.64. The molecule has 0 heterocycles. The van der Waals surface area contributed by atoms with Crippen molar-refractivity contribution in [2.24, 2.45) is 5.73 Å². The van der Waals surface area contributed by atoms with Crippen LogP contribution in [0.25, 0.3) is 0 Å². The normalized spacial score (nSPS) is 9.88. The molecule has 0 atom stereocenters. The molecule has 0 fully saturated rings. The lowest BCUT2D eigenvalue weighted by Gasteiger charge is -2.10. The molecule has 2 aromatic carbocycles. The van der Waals surface area contributed by atoms with Crippen LogP contribution < -0.4 is 21.1 Å². The summed E-state index contributed by atoms with van der Waals surface area (Å²) < 4.78 is 6.27. The molecule has 0 unspecified atom stereocenters. The van der Waals surface area contributed by atoms with Crippen molar-refractivity contribution in [2.45, 2.75) is 0 Å². The number of nitrogens with one attached hydrogen (secondary N) is 2. The summed E-state index contributed by atoms with van der Waals surface area (Å²) in [5.74, 6) is -0.319. The lowest BCUT2D eigenvalue weighted by atomic mass is 10.2. The molecule has 124 valence electrons. The predicted molar refractivity (Wildman–Crippen MR) is 99.0 cm³/mol. The van der Waals surface area contributed by atoms with Crippen molar-refractivity contribution in [3.05, 3.63) is 58.6 Å². The van der Waals surface area contributed by atoms with Crippen LogP contribution in [0.4, 0.5) is 5.69 Å². The van der Waals surface area contributed by atoms with E-state index in [1.54, 1.807) is 36.4 Å². The molecule has 0 aromatic heterocycles. The second-order valence-corrected chi connectivity index (χ2v) is 6.01. The Balaban J connectivity index is 1.79. The van der Waals surface area contributed by atoms with Crippen LogP contribution in [-0.2, 0) is 4.79 Å². The number of benzene rings is 2. The molecule has 0 aliphatic rings. The highest BCUT2D eigenvalue weighted by molar-refractivity contribution is 9.10. The van der Waals surface area contributed by atoms with Gasteiger partial charge in [0, 0.05) is 15.7 Å². The number of hydrogen-bond acceptors (Lipinski definition) is 4. The van der Waals surface area contributed by atoms with E-state index in [0.717, 1.165) is 4.47 Å². The topological polar surface area (TPSA) is 93.5 Å². The molecule has 0 radical (unpaired) electrons. The highest BCUT2D eigenvalue weighted by atomic mass is 79.9. The van der Waals surface area contributed by atoms with E-state index in [1.807, 2.05) is 12.1 Å². The van der Waals surface area contributed by atoms with Gasteiger partial charge in [0.2, 0.25) is 5.91 Å². The van der Waals surface area contributed by atoms with E-state index >= 15 is 0 Å². The first-order valence-corrected chi connectivity index (χ1v) is 8.03. The van der Waals surface area contributed by atoms with Crippen molar-refractivity contribution < 1.29 is 14.3 Å². The van der Waals surface area contributed by atoms with Crippen LogP contribution in [-0.4, -0.2) is 23.5 Å². The van der Waals surface area contributed by atoms with Gasteiger partial charge in [-0.1, -0.05) is 15.9 Å². The maximum Gasteiger partial charge on any atom is 0.264 e. The number of rotatable bonds is 5. The number of anilines is 1. The summed E-state index contributed by atoms with van der Waals surface area (Å²) in [4.78, 5) is 22.8. The van der Waals surface area contributed by atoms with Gasteiger partial charge in [0.15, 0.2) is 11.7 Å². The van der Waals surface area contributed by atoms with Crippen molar-refractivity contribution in [1.82, 2.24) is 5.32 Å². The molecule has 6 nitrogen and oxygen atoms in total. The zero-order chi connectivity index (χ0) is 17.5. The third-order valence-corrected chi connectivity index (χ3v) is 3.60. The van der Waals surface area contributed by atoms with Crippen molar-refractivity contribution in [3.63, 3.8) is 0 Å². The third-order valence-electron chi connectivity index (χ3n) is 2.86. The Morgan fingerprint density at radius 3 is 2.29 bits per heavy atom. The summed E-state index contributed by atoms with van der Waals surface area (Å²) in [6.45, 7) is -0.163. The van der Waals surface area contributed by atoms with Gasteiger partial charge in [0.05, 0.1) is 0 Å². The largest absolute Gasteiger partial charge is 0.484 e. The van der Waals surface area contributed by atoms with E-state index in [9.17, 15) is 9.59 Å². The van der Waals surface area contributed by atoms with Crippen LogP contribution >= 0.6 is 28.1 Å². The summed E-state index contributed by atoms with van der Waals surface area (Å²) in [6.07, 6.45) is 0. The Morgan fingerprint density at radius 2 is 1.71 bits per heavy atom. The first-order chi connectivity index (χ1) is 11.4. The van der Waals surface area contributed by atoms with Crippen molar-refractivity contribution in [1.29, 1.82) is 0 Å². The van der Waals surface area contributed by atoms with Crippen LogP contribution in [0.3, 0.4) is 0 Å². The van der Waals surface area contributed by atoms with Gasteiger partial charge in [-0.2, -0.15) is 0 Å². The first-order valence-electron chi connectivity index (χ1n) is 6.83. The van der Waals surface area contributed by atoms with Gasteiger partial charge in [-0.05, 0) is 60.7 Å². The first kappa shape index (κ1) is 17.9. The number of primary amides is 1. The molecular formula is C16H14BrN3O3S. The lowest BCUT2D eigenvalue weighted by Crippen LogP contribution is -2.37. The van der Waals surface area contributed by atoms with Gasteiger partial charge in [0.1, 0.15) is 5.75 Å². The number of thiocarbonyl (C=S) groups is 1. The Kier molecular flexibility index (Phi) is 6.28. The maximum absolute atomic E-state index is 11.8. The molecule has 0 bridgehead atoms. The molecule has 0 saturated carbocycles. The van der Waals surface area contributed by atoms with Crippen molar-refractivity contribution >= 4 is 50.8 Å². The van der Waals surface area contributed by atoms with Crippen LogP contribution in [0.1, 0.15) is 10.4 Å². The average Bonchev–Trinajstić information content (AvgIpc) is 2.54. The van der Waals surface area contributed by atoms with E-state index in [-0.39, 0.29) is 17.6 Å². The van der Waals surface area contributed by atoms with Crippen LogP contribution in [0.2, 0.25) is 0 Å². The van der Waals surface area contributed by atoms with Gasteiger partial charge in [-0.15, -0.1) is 0 Å². The van der Waals surface area contributed by atoms with E-state index in [0.29, 0.717) is 17.0 Å². The Bertz CT molecular complexity index is 748. The van der Waals surface area contributed by atoms with E-state index in [4.69, 9.17) is 22.7 Å². The molecule has 0 saturated heterocycles. The van der Waals surface area contributed by atoms with Crippen molar-refractivity contribution in [2.75, 3.05) is 11.9 Å². The number of hydrogen-bond donors (Lipinski definition) is 3. The molecule has 2 rings (SSSR count). The Hall–Kier alpha value is -2.45. The summed E-state index contributed by atoms with van der Waals surface area (Å²) in [6, 6.07) is 13.5. The molecule has 4 N–H and O–H groups in total. The molecule has 2 aromatic rings. The summed E-state index contributed by atoms with van der Waals surface area (Å²) >= 11 is 8.36. The number of ether oxygens (including phenoxy) is 1. The fraction of sp³-hybridized carbons (Fsp3) is 0.0625. The van der Waals surface area contributed by atoms with E-state index < -0.39 is 5.91 Å². The van der Waals surface area contributed by atoms with Crippen molar-refractivity contribution in [3.8, 4) is 5.75 Å². The molecule has 0 aliphatic carbocycles. The smallest absolute Gasteiger partial charge is 0.264 e. The monoisotopic (exact) mass is 407 g/mol. The van der Waals surface area contributed by atoms with Gasteiger partial charge in [0.25, 0.3) is 5.91 Å². The maximum atomic E-state index is 11.8. The fourth-order valence-corrected chi connectivity index (χ4v) is 2.22. The van der Waals surface area contributed by atoms with Gasteiger partial charge in [-0.3, -0.25) is 14.9 Å². The molecular weight excluding hydrogens is 394 g/mol. The number of amides is 2. The summed E-state index contributed by atoms with van der Waals surface area (Å²) in [5.41, 5.74) is 6.17. The second-order valence-electron chi connectivity index (χ2n) is 4.69. The Morgan fingerprint density at radius 1 is 1.08 bits per heavy atom. The van der Waals surface area contributed by atoms with Gasteiger partial charge < -0.3 is 15.8 Å². The van der Waals surface area contributed by atoms with E-state index in [2.05, 4.69) is 26.6 Å². The molecule has 8 heteroatoms. The fourth-order valence-electron chi connectivity index (χ4n) is 1.72. The molecule has 24 heavy (non-hydrogen) atoms. The van der Waals surface area contributed by atoms with Crippen LogP contribution in [0.5, 0.6) is 5.75 Å². The quantitative estimate of drug-likeness (QED) is 0.661. The summed E-state index contributed by atoms with van der Waals surface area (Å²) in [5, 5.41) is 5.46. The van der Waals surface area contributed by atoms with Gasteiger partial charge in [-0.25, -0.2) is 0 Å². The molecule has 0 aliphatic heterocycles. The van der Waals surface area contributed by atoms with Crippen LogP contribution in [0.15, 0.2) is 53.0 Å². The number of halogens is 1. The SMILES string of the molecule is NC(=O)c1ccc(NC(=S)NC(=O)COc2ccc(Br)cc2)cc1. The zero-order valence-corrected chi connectivity index (χ0v) is 14.8. The highest BCUT2D eigenvalue weighted by Gasteiger charge is 2.07. The second kappa shape index (κ2) is 8.42. The highest BCUT2D eigenvalue weighted by Crippen LogP contribution is 2.15. The molecule has 2 amide bonds. The predicted octanol–water partition coefficient (Wildman–Crippen LogP) is 2.44. The lowest BCUT2D eigenvalue weighted by molar-refractivity contribution is -0.121. The minimum Gasteiger partial charge on any atom is -0.484 e.